The van der Waals surface area contributed by atoms with Gasteiger partial charge in [-0.05, 0) is 56.9 Å². The quantitative estimate of drug-likeness (QED) is 0.692. The topological polar surface area (TPSA) is 12.0 Å². The van der Waals surface area contributed by atoms with Crippen LogP contribution in [0.25, 0.3) is 0 Å². The van der Waals surface area contributed by atoms with Crippen molar-refractivity contribution in [2.24, 2.45) is 11.8 Å². The molecule has 0 aromatic heterocycles. The Morgan fingerprint density at radius 2 is 2.40 bits per heavy atom. The normalized spacial score (nSPS) is 37.6. The summed E-state index contributed by atoms with van der Waals surface area (Å²) < 4.78 is 0. The molecular formula is C14H21N. The first-order valence-electron chi connectivity index (χ1n) is 6.51. The highest BCUT2D eigenvalue weighted by atomic mass is 14.9. The Balaban J connectivity index is 1.38. The third-order valence-electron chi connectivity index (χ3n) is 4.35. The number of hydrogen-bond acceptors (Lipinski definition) is 1. The molecule has 0 bridgehead atoms. The molecule has 0 aromatic rings. The Morgan fingerprint density at radius 1 is 1.40 bits per heavy atom. The van der Waals surface area contributed by atoms with Gasteiger partial charge in [-0.3, -0.25) is 0 Å². The standard InChI is InChI=1S/C14H21N/c1-2-5-11(4-1)8-9-15-14-10-12-6-3-7-13(12)14/h3-4,7,12-15H,1-2,5-6,8-10H2. The minimum absolute atomic E-state index is 0.802. The summed E-state index contributed by atoms with van der Waals surface area (Å²) in [5.41, 5.74) is 1.69. The first-order chi connectivity index (χ1) is 7.43. The summed E-state index contributed by atoms with van der Waals surface area (Å²) in [6, 6.07) is 0.802. The van der Waals surface area contributed by atoms with Crippen molar-refractivity contribution in [3.63, 3.8) is 0 Å². The van der Waals surface area contributed by atoms with E-state index < -0.39 is 0 Å². The SMILES string of the molecule is C1=CC2C(C1)CC2NCCC1=CCCC1. The van der Waals surface area contributed by atoms with Gasteiger partial charge in [-0.25, -0.2) is 0 Å². The second kappa shape index (κ2) is 4.13. The van der Waals surface area contributed by atoms with Crippen LogP contribution in [-0.4, -0.2) is 12.6 Å². The van der Waals surface area contributed by atoms with Gasteiger partial charge in [0.1, 0.15) is 0 Å². The monoisotopic (exact) mass is 203 g/mol. The molecule has 3 rings (SSSR count). The highest BCUT2D eigenvalue weighted by molar-refractivity contribution is 5.13. The van der Waals surface area contributed by atoms with Crippen LogP contribution in [0.15, 0.2) is 23.8 Å². The summed E-state index contributed by atoms with van der Waals surface area (Å²) in [6.45, 7) is 1.20. The van der Waals surface area contributed by atoms with Crippen LogP contribution in [0.1, 0.15) is 38.5 Å². The maximum atomic E-state index is 3.73. The molecule has 0 aliphatic heterocycles. The van der Waals surface area contributed by atoms with E-state index in [-0.39, 0.29) is 0 Å². The lowest BCUT2D eigenvalue weighted by atomic mass is 9.71. The zero-order valence-electron chi connectivity index (χ0n) is 9.41. The van der Waals surface area contributed by atoms with Gasteiger partial charge >= 0.3 is 0 Å². The predicted octanol–water partition coefficient (Wildman–Crippen LogP) is 3.04. The van der Waals surface area contributed by atoms with Crippen LogP contribution in [0.4, 0.5) is 0 Å². The van der Waals surface area contributed by atoms with E-state index in [1.165, 1.54) is 45.1 Å². The van der Waals surface area contributed by atoms with Gasteiger partial charge in [0.2, 0.25) is 0 Å². The number of allylic oxidation sites excluding steroid dienone is 2. The predicted molar refractivity (Wildman–Crippen MR) is 63.7 cm³/mol. The fourth-order valence-corrected chi connectivity index (χ4v) is 3.33. The van der Waals surface area contributed by atoms with Crippen molar-refractivity contribution in [1.82, 2.24) is 5.32 Å². The fourth-order valence-electron chi connectivity index (χ4n) is 3.33. The second-order valence-electron chi connectivity index (χ2n) is 5.30. The lowest BCUT2D eigenvalue weighted by molar-refractivity contribution is 0.164. The molecular weight excluding hydrogens is 182 g/mol. The zero-order valence-corrected chi connectivity index (χ0v) is 9.41. The van der Waals surface area contributed by atoms with Crippen LogP contribution in [0, 0.1) is 11.8 Å². The molecule has 15 heavy (non-hydrogen) atoms. The smallest absolute Gasteiger partial charge is 0.0136 e. The van der Waals surface area contributed by atoms with Crippen molar-refractivity contribution >= 4 is 0 Å². The van der Waals surface area contributed by atoms with E-state index in [2.05, 4.69) is 23.5 Å². The van der Waals surface area contributed by atoms with Gasteiger partial charge in [0.25, 0.3) is 0 Å². The molecule has 3 atom stereocenters. The van der Waals surface area contributed by atoms with E-state index in [0.29, 0.717) is 0 Å². The summed E-state index contributed by atoms with van der Waals surface area (Å²) >= 11 is 0. The summed E-state index contributed by atoms with van der Waals surface area (Å²) in [7, 11) is 0. The van der Waals surface area contributed by atoms with Crippen molar-refractivity contribution in [1.29, 1.82) is 0 Å². The summed E-state index contributed by atoms with van der Waals surface area (Å²) in [4.78, 5) is 0. The molecule has 3 unspecified atom stereocenters. The maximum Gasteiger partial charge on any atom is 0.0136 e. The maximum absolute atomic E-state index is 3.73. The van der Waals surface area contributed by atoms with E-state index in [1.54, 1.807) is 5.57 Å². The number of hydrogen-bond donors (Lipinski definition) is 1. The molecule has 1 heteroatoms. The third kappa shape index (κ3) is 1.90. The zero-order chi connectivity index (χ0) is 10.1. The molecule has 1 saturated carbocycles. The first-order valence-corrected chi connectivity index (χ1v) is 6.51. The molecule has 1 N–H and O–H groups in total. The van der Waals surface area contributed by atoms with Crippen LogP contribution >= 0.6 is 0 Å². The number of fused-ring (bicyclic) bond motifs is 1. The molecule has 1 nitrogen and oxygen atoms in total. The molecule has 3 aliphatic carbocycles. The molecule has 0 amide bonds. The molecule has 0 spiro atoms. The largest absolute Gasteiger partial charge is 0.313 e. The Labute approximate surface area is 92.6 Å². The van der Waals surface area contributed by atoms with E-state index in [4.69, 9.17) is 0 Å². The number of rotatable bonds is 4. The summed E-state index contributed by atoms with van der Waals surface area (Å²) in [5, 5.41) is 3.73. The van der Waals surface area contributed by atoms with Gasteiger partial charge in [0.15, 0.2) is 0 Å². The molecule has 0 saturated heterocycles. The van der Waals surface area contributed by atoms with Crippen LogP contribution in [-0.2, 0) is 0 Å². The molecule has 0 radical (unpaired) electrons. The Hall–Kier alpha value is -0.560. The minimum Gasteiger partial charge on any atom is -0.313 e. The van der Waals surface area contributed by atoms with Gasteiger partial charge in [0, 0.05) is 6.04 Å². The van der Waals surface area contributed by atoms with Crippen molar-refractivity contribution in [2.75, 3.05) is 6.54 Å². The first kappa shape index (κ1) is 9.65. The van der Waals surface area contributed by atoms with Gasteiger partial charge in [-0.2, -0.15) is 0 Å². The minimum atomic E-state index is 0.802. The average Bonchev–Trinajstić information content (AvgIpc) is 2.82. The third-order valence-corrected chi connectivity index (χ3v) is 4.35. The molecule has 1 fully saturated rings. The lowest BCUT2D eigenvalue weighted by Crippen LogP contribution is -2.48. The van der Waals surface area contributed by atoms with E-state index in [0.717, 1.165) is 17.9 Å². The molecule has 0 heterocycles. The van der Waals surface area contributed by atoms with Gasteiger partial charge < -0.3 is 5.32 Å². The average molecular weight is 203 g/mol. The van der Waals surface area contributed by atoms with Crippen molar-refractivity contribution in [3.8, 4) is 0 Å². The van der Waals surface area contributed by atoms with Crippen LogP contribution < -0.4 is 5.32 Å². The second-order valence-corrected chi connectivity index (χ2v) is 5.30. The van der Waals surface area contributed by atoms with Crippen LogP contribution in [0.3, 0.4) is 0 Å². The molecule has 3 aliphatic rings. The van der Waals surface area contributed by atoms with Crippen LogP contribution in [0.2, 0.25) is 0 Å². The molecule has 0 aromatic carbocycles. The highest BCUT2D eigenvalue weighted by Gasteiger charge is 2.40. The van der Waals surface area contributed by atoms with Gasteiger partial charge in [-0.15, -0.1) is 0 Å². The molecule has 82 valence electrons. The van der Waals surface area contributed by atoms with E-state index in [1.807, 2.05) is 0 Å². The summed E-state index contributed by atoms with van der Waals surface area (Å²) in [5.74, 6) is 1.87. The van der Waals surface area contributed by atoms with Crippen molar-refractivity contribution in [2.45, 2.75) is 44.6 Å². The number of nitrogens with one attached hydrogen (secondary N) is 1. The van der Waals surface area contributed by atoms with E-state index in [9.17, 15) is 0 Å². The lowest BCUT2D eigenvalue weighted by Gasteiger charge is -2.40. The fraction of sp³-hybridized carbons (Fsp3) is 0.714. The van der Waals surface area contributed by atoms with E-state index >= 15 is 0 Å². The van der Waals surface area contributed by atoms with Crippen molar-refractivity contribution < 1.29 is 0 Å². The Morgan fingerprint density at radius 3 is 3.20 bits per heavy atom. The van der Waals surface area contributed by atoms with Crippen molar-refractivity contribution in [3.05, 3.63) is 23.8 Å². The summed E-state index contributed by atoms with van der Waals surface area (Å²) in [6.07, 6.45) is 15.4. The van der Waals surface area contributed by atoms with Gasteiger partial charge in [-0.1, -0.05) is 23.8 Å². The van der Waals surface area contributed by atoms with Crippen LogP contribution in [0.5, 0.6) is 0 Å². The van der Waals surface area contributed by atoms with Gasteiger partial charge in [0.05, 0.1) is 0 Å². The Bertz CT molecular complexity index is 290. The Kier molecular flexibility index (Phi) is 2.66. The highest BCUT2D eigenvalue weighted by Crippen LogP contribution is 2.42.